The highest BCUT2D eigenvalue weighted by atomic mass is 79.9. The third kappa shape index (κ3) is 1.98. The first kappa shape index (κ1) is 11.9. The van der Waals surface area contributed by atoms with Crippen LogP contribution in [0.4, 0.5) is 5.69 Å². The molecule has 2 N–H and O–H groups in total. The van der Waals surface area contributed by atoms with Crippen molar-refractivity contribution in [3.8, 4) is 0 Å². The molecule has 0 fully saturated rings. The number of carbonyl (C=O) groups is 1. The zero-order chi connectivity index (χ0) is 12.6. The van der Waals surface area contributed by atoms with Crippen LogP contribution in [0.25, 0.3) is 10.8 Å². The molecule has 0 radical (unpaired) electrons. The van der Waals surface area contributed by atoms with E-state index in [9.17, 15) is 4.79 Å². The molecule has 0 aliphatic carbocycles. The van der Waals surface area contributed by atoms with Gasteiger partial charge in [0.2, 0.25) is 0 Å². The van der Waals surface area contributed by atoms with E-state index in [4.69, 9.17) is 5.73 Å². The Kier molecular flexibility index (Phi) is 3.02. The number of hydrogen-bond acceptors (Lipinski definition) is 3. The van der Waals surface area contributed by atoms with Gasteiger partial charge in [-0.25, -0.2) is 0 Å². The molecular weight excluding hydrogens is 282 g/mol. The maximum absolute atomic E-state index is 12.0. The van der Waals surface area contributed by atoms with E-state index in [0.29, 0.717) is 11.4 Å². The van der Waals surface area contributed by atoms with Crippen molar-refractivity contribution in [3.05, 3.63) is 34.6 Å². The van der Waals surface area contributed by atoms with Crippen LogP contribution in [0.5, 0.6) is 0 Å². The van der Waals surface area contributed by atoms with Crippen molar-refractivity contribution in [2.75, 3.05) is 19.8 Å². The molecule has 5 heteroatoms. The molecule has 0 spiro atoms. The molecule has 2 aromatic rings. The van der Waals surface area contributed by atoms with Crippen LogP contribution in [0.1, 0.15) is 10.5 Å². The first-order valence-electron chi connectivity index (χ1n) is 5.06. The molecule has 0 unspecified atom stereocenters. The lowest BCUT2D eigenvalue weighted by Gasteiger charge is -2.12. The van der Waals surface area contributed by atoms with Gasteiger partial charge in [-0.2, -0.15) is 0 Å². The lowest BCUT2D eigenvalue weighted by atomic mass is 10.1. The summed E-state index contributed by atoms with van der Waals surface area (Å²) in [6.07, 6.45) is 1.60. The Labute approximate surface area is 108 Å². The lowest BCUT2D eigenvalue weighted by molar-refractivity contribution is 0.0824. The van der Waals surface area contributed by atoms with Gasteiger partial charge >= 0.3 is 0 Å². The molecule has 1 aromatic heterocycles. The van der Waals surface area contributed by atoms with Crippen molar-refractivity contribution in [2.24, 2.45) is 0 Å². The number of benzene rings is 1. The van der Waals surface area contributed by atoms with Crippen LogP contribution in [0.2, 0.25) is 0 Å². The predicted octanol–water partition coefficient (Wildman–Crippen LogP) is 2.28. The van der Waals surface area contributed by atoms with Crippen LogP contribution in [-0.2, 0) is 0 Å². The monoisotopic (exact) mass is 293 g/mol. The number of nitrogens with two attached hydrogens (primary N) is 1. The largest absolute Gasteiger partial charge is 0.397 e. The van der Waals surface area contributed by atoms with Crippen molar-refractivity contribution in [1.29, 1.82) is 0 Å². The van der Waals surface area contributed by atoms with Crippen molar-refractivity contribution in [2.45, 2.75) is 0 Å². The maximum atomic E-state index is 12.0. The van der Waals surface area contributed by atoms with Gasteiger partial charge in [-0.3, -0.25) is 9.78 Å². The number of pyridine rings is 1. The standard InChI is InChI=1S/C12H12BrN3O/c1-16(2)12(17)11-8-3-4-9(13)10(14)7(8)5-6-15-11/h3-6H,14H2,1-2H3. The predicted molar refractivity (Wildman–Crippen MR) is 71.9 cm³/mol. The molecule has 2 rings (SSSR count). The molecule has 0 atom stereocenters. The van der Waals surface area contributed by atoms with E-state index in [1.54, 1.807) is 20.3 Å². The zero-order valence-corrected chi connectivity index (χ0v) is 11.2. The first-order chi connectivity index (χ1) is 8.02. The van der Waals surface area contributed by atoms with E-state index in [1.807, 2.05) is 18.2 Å². The Morgan fingerprint density at radius 2 is 2.00 bits per heavy atom. The molecule has 0 bridgehead atoms. The average Bonchev–Trinajstić information content (AvgIpc) is 2.32. The van der Waals surface area contributed by atoms with E-state index in [1.165, 1.54) is 4.90 Å². The number of carbonyl (C=O) groups excluding carboxylic acids is 1. The number of nitrogens with zero attached hydrogens (tertiary/aromatic N) is 2. The molecule has 0 aliphatic rings. The van der Waals surface area contributed by atoms with Crippen LogP contribution >= 0.6 is 15.9 Å². The van der Waals surface area contributed by atoms with E-state index >= 15 is 0 Å². The molecule has 88 valence electrons. The van der Waals surface area contributed by atoms with E-state index in [2.05, 4.69) is 20.9 Å². The van der Waals surface area contributed by atoms with Gasteiger partial charge in [-0.15, -0.1) is 0 Å². The number of hydrogen-bond donors (Lipinski definition) is 1. The summed E-state index contributed by atoms with van der Waals surface area (Å²) in [5.74, 6) is -0.127. The Morgan fingerprint density at radius 3 is 2.65 bits per heavy atom. The highest BCUT2D eigenvalue weighted by Gasteiger charge is 2.15. The van der Waals surface area contributed by atoms with Crippen LogP contribution in [0.3, 0.4) is 0 Å². The summed E-state index contributed by atoms with van der Waals surface area (Å²) in [5.41, 5.74) is 7.01. The fraction of sp³-hybridized carbons (Fsp3) is 0.167. The quantitative estimate of drug-likeness (QED) is 0.821. The summed E-state index contributed by atoms with van der Waals surface area (Å²) in [4.78, 5) is 17.6. The van der Waals surface area contributed by atoms with Crippen molar-refractivity contribution in [3.63, 3.8) is 0 Å². The number of nitrogen functional groups attached to an aromatic ring is 1. The summed E-state index contributed by atoms with van der Waals surface area (Å²) >= 11 is 3.37. The van der Waals surface area contributed by atoms with Gasteiger partial charge in [-0.05, 0) is 28.1 Å². The number of aromatic nitrogens is 1. The second-order valence-electron chi connectivity index (χ2n) is 3.92. The minimum atomic E-state index is -0.127. The molecule has 17 heavy (non-hydrogen) atoms. The van der Waals surface area contributed by atoms with E-state index < -0.39 is 0 Å². The number of fused-ring (bicyclic) bond motifs is 1. The van der Waals surface area contributed by atoms with Crippen molar-refractivity contribution in [1.82, 2.24) is 9.88 Å². The lowest BCUT2D eigenvalue weighted by Crippen LogP contribution is -2.23. The number of rotatable bonds is 1. The van der Waals surface area contributed by atoms with E-state index in [0.717, 1.165) is 15.2 Å². The van der Waals surface area contributed by atoms with Crippen LogP contribution in [0.15, 0.2) is 28.9 Å². The highest BCUT2D eigenvalue weighted by molar-refractivity contribution is 9.10. The highest BCUT2D eigenvalue weighted by Crippen LogP contribution is 2.29. The van der Waals surface area contributed by atoms with Gasteiger partial charge < -0.3 is 10.6 Å². The summed E-state index contributed by atoms with van der Waals surface area (Å²) in [7, 11) is 3.40. The summed E-state index contributed by atoms with van der Waals surface area (Å²) < 4.78 is 0.819. The second-order valence-corrected chi connectivity index (χ2v) is 4.77. The maximum Gasteiger partial charge on any atom is 0.272 e. The molecular formula is C12H12BrN3O. The summed E-state index contributed by atoms with van der Waals surface area (Å²) in [6, 6.07) is 5.48. The molecule has 1 aromatic carbocycles. The zero-order valence-electron chi connectivity index (χ0n) is 9.57. The van der Waals surface area contributed by atoms with Gasteiger partial charge in [0.1, 0.15) is 5.69 Å². The third-order valence-electron chi connectivity index (χ3n) is 2.54. The minimum Gasteiger partial charge on any atom is -0.397 e. The van der Waals surface area contributed by atoms with Gasteiger partial charge in [0.05, 0.1) is 5.69 Å². The number of halogens is 1. The van der Waals surface area contributed by atoms with Gasteiger partial charge in [0, 0.05) is 35.5 Å². The third-order valence-corrected chi connectivity index (χ3v) is 3.23. The number of amides is 1. The SMILES string of the molecule is CN(C)C(=O)c1nccc2c(N)c(Br)ccc12. The van der Waals surface area contributed by atoms with Gasteiger partial charge in [0.15, 0.2) is 0 Å². The molecule has 0 saturated heterocycles. The van der Waals surface area contributed by atoms with Gasteiger partial charge in [0.25, 0.3) is 5.91 Å². The van der Waals surface area contributed by atoms with Crippen molar-refractivity contribution < 1.29 is 4.79 Å². The first-order valence-corrected chi connectivity index (χ1v) is 5.86. The van der Waals surface area contributed by atoms with Crippen LogP contribution in [-0.4, -0.2) is 29.9 Å². The molecule has 0 saturated carbocycles. The Morgan fingerprint density at radius 1 is 1.29 bits per heavy atom. The topological polar surface area (TPSA) is 59.2 Å². The van der Waals surface area contributed by atoms with E-state index in [-0.39, 0.29) is 5.91 Å². The van der Waals surface area contributed by atoms with Crippen LogP contribution in [0, 0.1) is 0 Å². The molecule has 1 amide bonds. The van der Waals surface area contributed by atoms with Gasteiger partial charge in [-0.1, -0.05) is 6.07 Å². The average molecular weight is 294 g/mol. The Balaban J connectivity index is 2.75. The second kappa shape index (κ2) is 4.33. The fourth-order valence-electron chi connectivity index (χ4n) is 1.63. The van der Waals surface area contributed by atoms with Crippen LogP contribution < -0.4 is 5.73 Å². The smallest absolute Gasteiger partial charge is 0.272 e. The summed E-state index contributed by atoms with van der Waals surface area (Å²) in [5, 5.41) is 1.60. The summed E-state index contributed by atoms with van der Waals surface area (Å²) in [6.45, 7) is 0. The number of anilines is 1. The Hall–Kier alpha value is -1.62. The Bertz CT molecular complexity index is 596. The normalized spacial score (nSPS) is 10.5. The fourth-order valence-corrected chi connectivity index (χ4v) is 1.98. The molecule has 0 aliphatic heterocycles. The molecule has 4 nitrogen and oxygen atoms in total. The molecule has 1 heterocycles. The minimum absolute atomic E-state index is 0.127. The van der Waals surface area contributed by atoms with Crippen molar-refractivity contribution >= 4 is 38.3 Å².